The number of nitrogen functional groups attached to an aromatic ring is 1. The third-order valence-electron chi connectivity index (χ3n) is 4.08. The van der Waals surface area contributed by atoms with Crippen LogP contribution in [0.3, 0.4) is 0 Å². The third kappa shape index (κ3) is 4.63. The maximum atomic E-state index is 12.1. The quantitative estimate of drug-likeness (QED) is 0.815. The van der Waals surface area contributed by atoms with Crippen molar-refractivity contribution in [3.05, 3.63) is 29.3 Å². The molecule has 24 heavy (non-hydrogen) atoms. The Balaban J connectivity index is 2.03. The fourth-order valence-electron chi connectivity index (χ4n) is 2.91. The van der Waals surface area contributed by atoms with E-state index in [9.17, 15) is 9.59 Å². The van der Waals surface area contributed by atoms with E-state index in [1.54, 1.807) is 18.0 Å². The molecule has 0 bridgehead atoms. The van der Waals surface area contributed by atoms with Crippen molar-refractivity contribution in [1.82, 2.24) is 10.2 Å². The number of piperidine rings is 1. The molecule has 6 heteroatoms. The van der Waals surface area contributed by atoms with Crippen molar-refractivity contribution < 1.29 is 14.3 Å². The van der Waals surface area contributed by atoms with Crippen molar-refractivity contribution >= 4 is 17.7 Å². The summed E-state index contributed by atoms with van der Waals surface area (Å²) in [6.07, 6.45) is 1.39. The Morgan fingerprint density at radius 2 is 1.83 bits per heavy atom. The summed E-state index contributed by atoms with van der Waals surface area (Å²) in [6, 6.07) is 5.49. The number of hydrogen-bond donors (Lipinski definition) is 2. The highest BCUT2D eigenvalue weighted by atomic mass is 16.6. The number of ether oxygens (including phenoxy) is 1. The molecular formula is C18H27N3O3. The van der Waals surface area contributed by atoms with Gasteiger partial charge in [0.15, 0.2) is 0 Å². The molecule has 0 aromatic heterocycles. The SMILES string of the molecule is CNC(=O)c1cc(N)cc(C2CCN(C(=O)OC(C)(C)C)CC2)c1. The number of nitrogens with one attached hydrogen (secondary N) is 1. The summed E-state index contributed by atoms with van der Waals surface area (Å²) in [4.78, 5) is 25.7. The molecule has 3 N–H and O–H groups in total. The zero-order chi connectivity index (χ0) is 17.9. The van der Waals surface area contributed by atoms with Gasteiger partial charge in [-0.3, -0.25) is 4.79 Å². The second kappa shape index (κ2) is 7.11. The number of rotatable bonds is 2. The maximum absolute atomic E-state index is 12.1. The molecule has 1 aromatic carbocycles. The molecule has 1 saturated heterocycles. The highest BCUT2D eigenvalue weighted by Gasteiger charge is 2.27. The van der Waals surface area contributed by atoms with Gasteiger partial charge in [-0.25, -0.2) is 4.79 Å². The van der Waals surface area contributed by atoms with E-state index in [-0.39, 0.29) is 17.9 Å². The van der Waals surface area contributed by atoms with Crippen LogP contribution in [0.4, 0.5) is 10.5 Å². The van der Waals surface area contributed by atoms with Crippen LogP contribution in [0.5, 0.6) is 0 Å². The van der Waals surface area contributed by atoms with E-state index in [0.717, 1.165) is 18.4 Å². The van der Waals surface area contributed by atoms with Crippen molar-refractivity contribution in [3.8, 4) is 0 Å². The van der Waals surface area contributed by atoms with Gasteiger partial charge in [-0.1, -0.05) is 0 Å². The molecule has 6 nitrogen and oxygen atoms in total. The Morgan fingerprint density at radius 3 is 2.38 bits per heavy atom. The minimum absolute atomic E-state index is 0.144. The normalized spacial score (nSPS) is 15.9. The van der Waals surface area contributed by atoms with Crippen molar-refractivity contribution in [1.29, 1.82) is 0 Å². The van der Waals surface area contributed by atoms with Gasteiger partial charge in [0.2, 0.25) is 0 Å². The van der Waals surface area contributed by atoms with Crippen LogP contribution >= 0.6 is 0 Å². The summed E-state index contributed by atoms with van der Waals surface area (Å²) in [5.74, 6) is 0.144. The summed E-state index contributed by atoms with van der Waals surface area (Å²) < 4.78 is 5.42. The monoisotopic (exact) mass is 333 g/mol. The highest BCUT2D eigenvalue weighted by Crippen LogP contribution is 2.30. The van der Waals surface area contributed by atoms with Crippen LogP contribution < -0.4 is 11.1 Å². The number of anilines is 1. The molecule has 0 radical (unpaired) electrons. The van der Waals surface area contributed by atoms with Crippen molar-refractivity contribution in [2.45, 2.75) is 45.1 Å². The summed E-state index contributed by atoms with van der Waals surface area (Å²) in [5, 5.41) is 2.62. The van der Waals surface area contributed by atoms with E-state index in [1.165, 1.54) is 0 Å². The standard InChI is InChI=1S/C18H27N3O3/c1-18(2,3)24-17(23)21-7-5-12(6-8-21)13-9-14(16(22)20-4)11-15(19)10-13/h9-12H,5-8,19H2,1-4H3,(H,20,22). The second-order valence-corrected chi connectivity index (χ2v) is 7.21. The average Bonchev–Trinajstić information content (AvgIpc) is 2.52. The molecular weight excluding hydrogens is 306 g/mol. The first-order valence-electron chi connectivity index (χ1n) is 8.30. The Morgan fingerprint density at radius 1 is 1.21 bits per heavy atom. The number of nitrogens with zero attached hydrogens (tertiary/aromatic N) is 1. The third-order valence-corrected chi connectivity index (χ3v) is 4.08. The lowest BCUT2D eigenvalue weighted by Gasteiger charge is -2.33. The van der Waals surface area contributed by atoms with Gasteiger partial charge in [0.25, 0.3) is 5.91 Å². The predicted octanol–water partition coefficient (Wildman–Crippen LogP) is 2.74. The predicted molar refractivity (Wildman–Crippen MR) is 94.0 cm³/mol. The van der Waals surface area contributed by atoms with Gasteiger partial charge < -0.3 is 20.7 Å². The molecule has 1 aromatic rings. The zero-order valence-electron chi connectivity index (χ0n) is 14.9. The van der Waals surface area contributed by atoms with E-state index < -0.39 is 5.60 Å². The van der Waals surface area contributed by atoms with Gasteiger partial charge in [0, 0.05) is 31.4 Å². The molecule has 1 heterocycles. The van der Waals surface area contributed by atoms with Crippen LogP contribution in [0.1, 0.15) is 55.5 Å². The summed E-state index contributed by atoms with van der Waals surface area (Å²) in [7, 11) is 1.60. The van der Waals surface area contributed by atoms with Gasteiger partial charge in [0.1, 0.15) is 5.60 Å². The number of amides is 2. The van der Waals surface area contributed by atoms with Crippen LogP contribution in [0.25, 0.3) is 0 Å². The molecule has 2 amide bonds. The highest BCUT2D eigenvalue weighted by molar-refractivity contribution is 5.95. The lowest BCUT2D eigenvalue weighted by Crippen LogP contribution is -2.41. The number of likely N-dealkylation sites (tertiary alicyclic amines) is 1. The molecule has 1 aliphatic heterocycles. The van der Waals surface area contributed by atoms with E-state index in [0.29, 0.717) is 24.3 Å². The second-order valence-electron chi connectivity index (χ2n) is 7.21. The van der Waals surface area contributed by atoms with Gasteiger partial charge in [-0.2, -0.15) is 0 Å². The first-order valence-corrected chi connectivity index (χ1v) is 8.30. The van der Waals surface area contributed by atoms with Crippen LogP contribution in [-0.4, -0.2) is 42.6 Å². The van der Waals surface area contributed by atoms with Gasteiger partial charge in [0.05, 0.1) is 0 Å². The maximum Gasteiger partial charge on any atom is 0.410 e. The number of nitrogens with two attached hydrogens (primary N) is 1. The van der Waals surface area contributed by atoms with Gasteiger partial charge in [-0.15, -0.1) is 0 Å². The Bertz CT molecular complexity index is 614. The Labute approximate surface area is 143 Å². The summed E-state index contributed by atoms with van der Waals surface area (Å²) >= 11 is 0. The Hall–Kier alpha value is -2.24. The molecule has 132 valence electrons. The smallest absolute Gasteiger partial charge is 0.410 e. The fraction of sp³-hybridized carbons (Fsp3) is 0.556. The molecule has 0 unspecified atom stereocenters. The van der Waals surface area contributed by atoms with E-state index >= 15 is 0 Å². The number of benzene rings is 1. The van der Waals surface area contributed by atoms with Crippen LogP contribution in [0, 0.1) is 0 Å². The molecule has 0 atom stereocenters. The van der Waals surface area contributed by atoms with Crippen LogP contribution in [-0.2, 0) is 4.74 Å². The van der Waals surface area contributed by atoms with Crippen LogP contribution in [0.15, 0.2) is 18.2 Å². The Kier molecular flexibility index (Phi) is 5.36. The molecule has 0 aliphatic carbocycles. The number of carbonyl (C=O) groups is 2. The summed E-state index contributed by atoms with van der Waals surface area (Å²) in [6.45, 7) is 6.88. The van der Waals surface area contributed by atoms with E-state index in [4.69, 9.17) is 10.5 Å². The van der Waals surface area contributed by atoms with Gasteiger partial charge >= 0.3 is 6.09 Å². The largest absolute Gasteiger partial charge is 0.444 e. The molecule has 2 rings (SSSR count). The van der Waals surface area contributed by atoms with Crippen molar-refractivity contribution in [2.75, 3.05) is 25.9 Å². The van der Waals surface area contributed by atoms with Crippen molar-refractivity contribution in [3.63, 3.8) is 0 Å². The topological polar surface area (TPSA) is 84.7 Å². The minimum Gasteiger partial charge on any atom is -0.444 e. The van der Waals surface area contributed by atoms with Gasteiger partial charge in [-0.05, 0) is 63.3 Å². The molecule has 1 fully saturated rings. The summed E-state index contributed by atoms with van der Waals surface area (Å²) in [5.41, 5.74) is 7.67. The number of hydrogen-bond acceptors (Lipinski definition) is 4. The number of carbonyl (C=O) groups excluding carboxylic acids is 2. The molecule has 0 saturated carbocycles. The first-order chi connectivity index (χ1) is 11.2. The van der Waals surface area contributed by atoms with E-state index in [2.05, 4.69) is 5.32 Å². The first kappa shape index (κ1) is 18.1. The van der Waals surface area contributed by atoms with Crippen molar-refractivity contribution in [2.24, 2.45) is 0 Å². The molecule has 0 spiro atoms. The van der Waals surface area contributed by atoms with Crippen LogP contribution in [0.2, 0.25) is 0 Å². The fourth-order valence-corrected chi connectivity index (χ4v) is 2.91. The average molecular weight is 333 g/mol. The zero-order valence-corrected chi connectivity index (χ0v) is 14.9. The molecule has 1 aliphatic rings. The lowest BCUT2D eigenvalue weighted by atomic mass is 9.88. The van der Waals surface area contributed by atoms with E-state index in [1.807, 2.05) is 32.9 Å². The minimum atomic E-state index is -0.482. The lowest BCUT2D eigenvalue weighted by molar-refractivity contribution is 0.0205.